The van der Waals surface area contributed by atoms with Crippen molar-refractivity contribution in [2.45, 2.75) is 232 Å². The second-order valence-electron chi connectivity index (χ2n) is 14.7. The van der Waals surface area contributed by atoms with Gasteiger partial charge in [0.1, 0.15) is 0 Å². The normalized spacial score (nSPS) is 10.8. The van der Waals surface area contributed by atoms with Gasteiger partial charge in [0.05, 0.1) is 0 Å². The molecule has 0 fully saturated rings. The van der Waals surface area contributed by atoms with Gasteiger partial charge >= 0.3 is 0 Å². The molecule has 0 aromatic rings. The predicted molar refractivity (Wildman–Crippen MR) is 216 cm³/mol. The largest absolute Gasteiger partial charge is 0.483 e. The summed E-state index contributed by atoms with van der Waals surface area (Å²) in [5.41, 5.74) is 0. The van der Waals surface area contributed by atoms with Crippen LogP contribution in [0.15, 0.2) is 0 Å². The Morgan fingerprint density at radius 2 is 0.600 bits per heavy atom. The van der Waals surface area contributed by atoms with Crippen LogP contribution in [0.3, 0.4) is 0 Å². The molecule has 0 saturated heterocycles. The van der Waals surface area contributed by atoms with Gasteiger partial charge in [-0.3, -0.25) is 14.4 Å². The highest BCUT2D eigenvalue weighted by atomic mass is 16.3. The molecular formula is C43H87N3O4. The lowest BCUT2D eigenvalue weighted by Crippen LogP contribution is -2.29. The molecule has 0 aliphatic carbocycles. The number of amides is 2. The lowest BCUT2D eigenvalue weighted by molar-refractivity contribution is -0.123. The van der Waals surface area contributed by atoms with Gasteiger partial charge < -0.3 is 21.1 Å². The van der Waals surface area contributed by atoms with Crippen LogP contribution in [0.5, 0.6) is 0 Å². The minimum absolute atomic E-state index is 0.205. The van der Waals surface area contributed by atoms with Gasteiger partial charge in [0.15, 0.2) is 0 Å². The third kappa shape index (κ3) is 48.5. The SMILES string of the molecule is CCCCCCCCCCCCCCCCCC(=O)NCCCNCCCNC(=O)CCCCCCCCCCCCCCCCC.O=CO. The van der Waals surface area contributed by atoms with E-state index >= 15 is 0 Å². The van der Waals surface area contributed by atoms with Crippen LogP contribution < -0.4 is 16.0 Å². The number of carboxylic acid groups (broad SMARTS) is 1. The molecule has 0 aromatic carbocycles. The lowest BCUT2D eigenvalue weighted by Gasteiger charge is -2.08. The van der Waals surface area contributed by atoms with Gasteiger partial charge in [-0.15, -0.1) is 0 Å². The van der Waals surface area contributed by atoms with E-state index in [0.29, 0.717) is 12.8 Å². The highest BCUT2D eigenvalue weighted by molar-refractivity contribution is 5.76. The number of nitrogens with one attached hydrogen (secondary N) is 3. The van der Waals surface area contributed by atoms with Crippen molar-refractivity contribution in [3.8, 4) is 0 Å². The molecule has 7 nitrogen and oxygen atoms in total. The van der Waals surface area contributed by atoms with Gasteiger partial charge in [-0.05, 0) is 38.8 Å². The zero-order chi connectivity index (χ0) is 36.9. The molecule has 0 radical (unpaired) electrons. The first-order valence-electron chi connectivity index (χ1n) is 21.9. The quantitative estimate of drug-likeness (QED) is 0.0374. The first-order valence-corrected chi connectivity index (χ1v) is 21.9. The van der Waals surface area contributed by atoms with Gasteiger partial charge in [0.25, 0.3) is 6.47 Å². The van der Waals surface area contributed by atoms with Crippen molar-refractivity contribution in [1.29, 1.82) is 0 Å². The van der Waals surface area contributed by atoms with Crippen molar-refractivity contribution in [3.05, 3.63) is 0 Å². The first kappa shape index (κ1) is 50.5. The summed E-state index contributed by atoms with van der Waals surface area (Å²) in [7, 11) is 0. The summed E-state index contributed by atoms with van der Waals surface area (Å²) in [5, 5.41) is 16.5. The third-order valence-electron chi connectivity index (χ3n) is 9.72. The Balaban J connectivity index is 0. The maximum atomic E-state index is 12.1. The van der Waals surface area contributed by atoms with Crippen molar-refractivity contribution >= 4 is 18.3 Å². The van der Waals surface area contributed by atoms with Crippen LogP contribution in [-0.2, 0) is 14.4 Å². The summed E-state index contributed by atoms with van der Waals surface area (Å²) in [6, 6.07) is 0. The molecule has 0 heterocycles. The van der Waals surface area contributed by atoms with Crippen LogP contribution in [0.1, 0.15) is 232 Å². The molecule has 0 aliphatic heterocycles. The van der Waals surface area contributed by atoms with Gasteiger partial charge in [0.2, 0.25) is 11.8 Å². The molecule has 7 heteroatoms. The molecule has 0 bridgehead atoms. The Morgan fingerprint density at radius 3 is 0.840 bits per heavy atom. The highest BCUT2D eigenvalue weighted by Gasteiger charge is 2.02. The molecule has 0 aliphatic rings. The van der Waals surface area contributed by atoms with Crippen LogP contribution in [0.2, 0.25) is 0 Å². The number of unbranched alkanes of at least 4 members (excludes halogenated alkanes) is 28. The minimum atomic E-state index is -0.250. The summed E-state index contributed by atoms with van der Waals surface area (Å²) in [6.45, 7) is 7.64. The Kier molecular flexibility index (Phi) is 47.8. The van der Waals surface area contributed by atoms with Crippen LogP contribution >= 0.6 is 0 Å². The molecule has 0 unspecified atom stereocenters. The van der Waals surface area contributed by atoms with E-state index in [1.165, 1.54) is 180 Å². The molecule has 0 rings (SSSR count). The average Bonchev–Trinajstić information content (AvgIpc) is 3.11. The summed E-state index contributed by atoms with van der Waals surface area (Å²) < 4.78 is 0. The maximum Gasteiger partial charge on any atom is 0.290 e. The molecule has 2 amide bonds. The number of rotatable bonds is 40. The van der Waals surface area contributed by atoms with E-state index in [2.05, 4.69) is 29.8 Å². The molecule has 4 N–H and O–H groups in total. The fourth-order valence-electron chi connectivity index (χ4n) is 6.50. The van der Waals surface area contributed by atoms with Gasteiger partial charge in [-0.2, -0.15) is 0 Å². The second-order valence-corrected chi connectivity index (χ2v) is 14.7. The van der Waals surface area contributed by atoms with E-state index in [-0.39, 0.29) is 18.3 Å². The van der Waals surface area contributed by atoms with Crippen LogP contribution in [0.25, 0.3) is 0 Å². The highest BCUT2D eigenvalue weighted by Crippen LogP contribution is 2.15. The van der Waals surface area contributed by atoms with Crippen molar-refractivity contribution in [1.82, 2.24) is 16.0 Å². The van der Waals surface area contributed by atoms with Gasteiger partial charge in [-0.25, -0.2) is 0 Å². The standard InChI is InChI=1S/C42H85N3O2.CH2O2/c1-3-5-7-9-11-13-15-17-19-21-23-25-27-29-31-35-41(46)44-39-33-37-43-38-34-40-45-42(47)36-32-30-28-26-24-22-20-18-16-14-12-10-8-6-4-2;2-1-3/h43H,3-40H2,1-2H3,(H,44,46)(H,45,47);1H,(H,2,3). The lowest BCUT2D eigenvalue weighted by atomic mass is 10.0. The summed E-state index contributed by atoms with van der Waals surface area (Å²) in [4.78, 5) is 32.5. The first-order chi connectivity index (χ1) is 24.6. The molecular weight excluding hydrogens is 622 g/mol. The summed E-state index contributed by atoms with van der Waals surface area (Å²) in [6.07, 6.45) is 43.8. The minimum Gasteiger partial charge on any atom is -0.483 e. The zero-order valence-corrected chi connectivity index (χ0v) is 33.6. The average molecular weight is 710 g/mol. The van der Waals surface area contributed by atoms with E-state index in [0.717, 1.165) is 51.9 Å². The van der Waals surface area contributed by atoms with Crippen molar-refractivity contribution in [2.75, 3.05) is 26.2 Å². The Hall–Kier alpha value is -1.63. The zero-order valence-electron chi connectivity index (χ0n) is 33.6. The molecule has 50 heavy (non-hydrogen) atoms. The van der Waals surface area contributed by atoms with Gasteiger partial charge in [-0.1, -0.05) is 194 Å². The monoisotopic (exact) mass is 710 g/mol. The van der Waals surface area contributed by atoms with E-state index in [4.69, 9.17) is 9.90 Å². The number of hydrogen-bond acceptors (Lipinski definition) is 4. The third-order valence-corrected chi connectivity index (χ3v) is 9.72. The number of carbonyl (C=O) groups excluding carboxylic acids is 2. The second kappa shape index (κ2) is 47.4. The Labute approximate surface area is 311 Å². The fourth-order valence-corrected chi connectivity index (χ4v) is 6.50. The van der Waals surface area contributed by atoms with Crippen LogP contribution in [0.4, 0.5) is 0 Å². The molecule has 0 saturated carbocycles. The molecule has 0 spiro atoms. The molecule has 0 atom stereocenters. The molecule has 0 aromatic heterocycles. The predicted octanol–water partition coefficient (Wildman–Crippen LogP) is 11.8. The van der Waals surface area contributed by atoms with Crippen LogP contribution in [0, 0.1) is 0 Å². The van der Waals surface area contributed by atoms with Crippen molar-refractivity contribution in [3.63, 3.8) is 0 Å². The van der Waals surface area contributed by atoms with Crippen molar-refractivity contribution in [2.24, 2.45) is 0 Å². The number of carbonyl (C=O) groups is 3. The smallest absolute Gasteiger partial charge is 0.290 e. The summed E-state index contributed by atoms with van der Waals surface area (Å²) >= 11 is 0. The number of hydrogen-bond donors (Lipinski definition) is 4. The topological polar surface area (TPSA) is 108 Å². The van der Waals surface area contributed by atoms with Crippen LogP contribution in [-0.4, -0.2) is 49.6 Å². The Bertz CT molecular complexity index is 625. The maximum absolute atomic E-state index is 12.1. The van der Waals surface area contributed by atoms with Crippen molar-refractivity contribution < 1.29 is 19.5 Å². The molecule has 298 valence electrons. The Morgan fingerprint density at radius 1 is 0.380 bits per heavy atom. The van der Waals surface area contributed by atoms with E-state index in [1.807, 2.05) is 0 Å². The fraction of sp³-hybridized carbons (Fsp3) is 0.930. The van der Waals surface area contributed by atoms with E-state index < -0.39 is 0 Å². The van der Waals surface area contributed by atoms with Gasteiger partial charge in [0, 0.05) is 25.9 Å². The van der Waals surface area contributed by atoms with E-state index in [9.17, 15) is 9.59 Å². The summed E-state index contributed by atoms with van der Waals surface area (Å²) in [5.74, 6) is 0.410. The van der Waals surface area contributed by atoms with E-state index in [1.54, 1.807) is 0 Å².